The van der Waals surface area contributed by atoms with Crippen molar-refractivity contribution in [3.8, 4) is 0 Å². The standard InChI is InChI=1S/C22H22ClNO3.C22H24ClNO3/c23-18-8-4-3-7-17(18)19-11-12-20(22(26)27)24(19)21(25)16-10-9-14-5-1-2-6-15(14)13-16;1-14(2)13-15-7-9-16(10-8-15)21(25)24-19(11-12-20(24)22(26)27)17-5-3-4-6-18(17)23/h1-8,16,19-20H,9-13H2,(H,26,27);3-10,14,19-20H,11-13H2,1-2H3,(H,26,27)/t16?,19-,20+;19-,20+/m11/s1. The first-order chi connectivity index (χ1) is 25.9. The summed E-state index contributed by atoms with van der Waals surface area (Å²) < 4.78 is 0. The first kappa shape index (κ1) is 39.0. The van der Waals surface area contributed by atoms with Gasteiger partial charge in [0.2, 0.25) is 5.91 Å². The number of hydrogen-bond acceptors (Lipinski definition) is 4. The lowest BCUT2D eigenvalue weighted by molar-refractivity contribution is -0.151. The van der Waals surface area contributed by atoms with Crippen molar-refractivity contribution in [1.29, 1.82) is 0 Å². The van der Waals surface area contributed by atoms with E-state index in [0.717, 1.165) is 30.4 Å². The quantitative estimate of drug-likeness (QED) is 0.185. The third-order valence-electron chi connectivity index (χ3n) is 10.9. The lowest BCUT2D eigenvalue weighted by atomic mass is 9.83. The van der Waals surface area contributed by atoms with Gasteiger partial charge in [-0.15, -0.1) is 0 Å². The molecule has 2 N–H and O–H groups in total. The molecule has 5 atom stereocenters. The number of aryl methyl sites for hydroxylation is 1. The SMILES string of the molecule is CC(C)Cc1ccc(C(=O)N2[C@@H](c3ccccc3Cl)CC[C@H]2C(=O)O)cc1.O=C(O)[C@@H]1CC[C@H](c2ccccc2Cl)N1C(=O)C1CCc2ccccc2C1. The van der Waals surface area contributed by atoms with Gasteiger partial charge < -0.3 is 20.0 Å². The van der Waals surface area contributed by atoms with Crippen molar-refractivity contribution in [3.05, 3.63) is 140 Å². The number of rotatable bonds is 8. The van der Waals surface area contributed by atoms with Crippen LogP contribution >= 0.6 is 23.2 Å². The molecule has 0 radical (unpaired) electrons. The Morgan fingerprint density at radius 2 is 1.15 bits per heavy atom. The highest BCUT2D eigenvalue weighted by atomic mass is 35.5. The molecule has 7 rings (SSSR count). The molecule has 2 amide bonds. The van der Waals surface area contributed by atoms with E-state index in [4.69, 9.17) is 23.2 Å². The zero-order valence-electron chi connectivity index (χ0n) is 30.5. The average Bonchev–Trinajstić information content (AvgIpc) is 3.81. The van der Waals surface area contributed by atoms with E-state index >= 15 is 0 Å². The molecule has 282 valence electrons. The zero-order chi connectivity index (χ0) is 38.5. The smallest absolute Gasteiger partial charge is 0.326 e. The highest BCUT2D eigenvalue weighted by molar-refractivity contribution is 6.31. The number of likely N-dealkylation sites (tertiary alicyclic amines) is 2. The van der Waals surface area contributed by atoms with Crippen LogP contribution in [0.3, 0.4) is 0 Å². The number of nitrogens with zero attached hydrogens (tertiary/aromatic N) is 2. The number of hydrogen-bond donors (Lipinski definition) is 2. The number of carbonyl (C=O) groups excluding carboxylic acids is 2. The van der Waals surface area contributed by atoms with Crippen molar-refractivity contribution in [2.24, 2.45) is 11.8 Å². The fraction of sp³-hybridized carbons (Fsp3) is 0.364. The van der Waals surface area contributed by atoms with E-state index in [1.54, 1.807) is 29.2 Å². The van der Waals surface area contributed by atoms with Gasteiger partial charge in [-0.1, -0.05) is 110 Å². The van der Waals surface area contributed by atoms with Crippen molar-refractivity contribution < 1.29 is 29.4 Å². The molecule has 54 heavy (non-hydrogen) atoms. The van der Waals surface area contributed by atoms with E-state index in [9.17, 15) is 29.4 Å². The molecular weight excluding hydrogens is 723 g/mol. The minimum atomic E-state index is -0.977. The van der Waals surface area contributed by atoms with Crippen molar-refractivity contribution in [3.63, 3.8) is 0 Å². The molecule has 4 aromatic carbocycles. The number of amides is 2. The minimum absolute atomic E-state index is 0.0562. The van der Waals surface area contributed by atoms with Gasteiger partial charge in [0.1, 0.15) is 12.1 Å². The largest absolute Gasteiger partial charge is 0.480 e. The highest BCUT2D eigenvalue weighted by Gasteiger charge is 2.45. The van der Waals surface area contributed by atoms with E-state index in [1.165, 1.54) is 21.6 Å². The lowest BCUT2D eigenvalue weighted by Gasteiger charge is -2.34. The number of aliphatic carboxylic acids is 2. The van der Waals surface area contributed by atoms with Gasteiger partial charge in [0.05, 0.1) is 12.1 Å². The molecule has 4 aromatic rings. The Morgan fingerprint density at radius 1 is 0.648 bits per heavy atom. The first-order valence-corrected chi connectivity index (χ1v) is 19.4. The summed E-state index contributed by atoms with van der Waals surface area (Å²) in [5.74, 6) is -1.88. The summed E-state index contributed by atoms with van der Waals surface area (Å²) in [5, 5.41) is 20.5. The van der Waals surface area contributed by atoms with E-state index in [0.29, 0.717) is 53.6 Å². The van der Waals surface area contributed by atoms with Gasteiger partial charge in [-0.3, -0.25) is 9.59 Å². The fourth-order valence-corrected chi connectivity index (χ4v) is 8.85. The third-order valence-corrected chi connectivity index (χ3v) is 11.6. The number of benzene rings is 4. The van der Waals surface area contributed by atoms with Crippen LogP contribution in [0.1, 0.15) is 96.2 Å². The van der Waals surface area contributed by atoms with E-state index in [2.05, 4.69) is 26.0 Å². The summed E-state index contributed by atoms with van der Waals surface area (Å²) in [6, 6.07) is 28.2. The maximum absolute atomic E-state index is 13.4. The molecule has 0 bridgehead atoms. The van der Waals surface area contributed by atoms with Crippen LogP contribution in [-0.2, 0) is 33.6 Å². The molecule has 2 aliphatic heterocycles. The van der Waals surface area contributed by atoms with Gasteiger partial charge in [-0.2, -0.15) is 0 Å². The zero-order valence-corrected chi connectivity index (χ0v) is 32.0. The van der Waals surface area contributed by atoms with E-state index in [1.807, 2.05) is 60.7 Å². The van der Waals surface area contributed by atoms with Crippen LogP contribution in [0.25, 0.3) is 0 Å². The number of halogens is 2. The topological polar surface area (TPSA) is 115 Å². The van der Waals surface area contributed by atoms with Crippen molar-refractivity contribution in [2.45, 2.75) is 89.4 Å². The van der Waals surface area contributed by atoms with Crippen LogP contribution in [-0.4, -0.2) is 55.8 Å². The maximum atomic E-state index is 13.4. The second-order valence-corrected chi connectivity index (χ2v) is 15.7. The molecule has 1 unspecified atom stereocenters. The lowest BCUT2D eigenvalue weighted by Crippen LogP contribution is -2.45. The molecular formula is C44H46Cl2N2O6. The summed E-state index contributed by atoms with van der Waals surface area (Å²) in [5.41, 5.74) is 5.80. The normalized spacial score (nSPS) is 22.0. The second-order valence-electron chi connectivity index (χ2n) is 14.9. The fourth-order valence-electron chi connectivity index (χ4n) is 8.32. The Kier molecular flexibility index (Phi) is 12.4. The molecule has 0 spiro atoms. The van der Waals surface area contributed by atoms with Gasteiger partial charge in [0.25, 0.3) is 5.91 Å². The molecule has 1 aliphatic carbocycles. The predicted octanol–water partition coefficient (Wildman–Crippen LogP) is 9.23. The molecule has 10 heteroatoms. The van der Waals surface area contributed by atoms with Gasteiger partial charge in [-0.25, -0.2) is 9.59 Å². The Bertz CT molecular complexity index is 2000. The van der Waals surface area contributed by atoms with E-state index in [-0.39, 0.29) is 29.8 Å². The molecule has 2 saturated heterocycles. The molecule has 8 nitrogen and oxygen atoms in total. The average molecular weight is 770 g/mol. The Morgan fingerprint density at radius 3 is 1.69 bits per heavy atom. The van der Waals surface area contributed by atoms with Gasteiger partial charge in [0, 0.05) is 21.5 Å². The Balaban J connectivity index is 0.000000184. The summed E-state index contributed by atoms with van der Waals surface area (Å²) in [4.78, 5) is 53.3. The summed E-state index contributed by atoms with van der Waals surface area (Å²) in [7, 11) is 0. The van der Waals surface area contributed by atoms with Crippen LogP contribution < -0.4 is 0 Å². The Labute approximate surface area is 326 Å². The highest BCUT2D eigenvalue weighted by Crippen LogP contribution is 2.42. The summed E-state index contributed by atoms with van der Waals surface area (Å²) >= 11 is 12.7. The number of carbonyl (C=O) groups is 4. The molecule has 3 aliphatic rings. The number of carboxylic acids is 2. The van der Waals surface area contributed by atoms with Crippen molar-refractivity contribution >= 4 is 47.0 Å². The Hall–Kier alpha value is -4.66. The van der Waals surface area contributed by atoms with Crippen molar-refractivity contribution in [2.75, 3.05) is 0 Å². The number of fused-ring (bicyclic) bond motifs is 1. The third kappa shape index (κ3) is 8.50. The van der Waals surface area contributed by atoms with Crippen LogP contribution in [0, 0.1) is 11.8 Å². The van der Waals surface area contributed by atoms with Crippen LogP contribution in [0.4, 0.5) is 0 Å². The van der Waals surface area contributed by atoms with Gasteiger partial charge in [-0.05, 0) is 109 Å². The van der Waals surface area contributed by atoms with E-state index < -0.39 is 24.0 Å². The first-order valence-electron chi connectivity index (χ1n) is 18.7. The molecule has 2 fully saturated rings. The van der Waals surface area contributed by atoms with Gasteiger partial charge >= 0.3 is 11.9 Å². The summed E-state index contributed by atoms with van der Waals surface area (Å²) in [6.07, 6.45) is 5.31. The van der Waals surface area contributed by atoms with Gasteiger partial charge in [0.15, 0.2) is 0 Å². The molecule has 0 saturated carbocycles. The van der Waals surface area contributed by atoms with Crippen LogP contribution in [0.2, 0.25) is 10.0 Å². The number of carboxylic acid groups (broad SMARTS) is 2. The molecule has 0 aromatic heterocycles. The predicted molar refractivity (Wildman–Crippen MR) is 210 cm³/mol. The summed E-state index contributed by atoms with van der Waals surface area (Å²) in [6.45, 7) is 4.30. The second kappa shape index (κ2) is 17.2. The van der Waals surface area contributed by atoms with Crippen LogP contribution in [0.5, 0.6) is 0 Å². The maximum Gasteiger partial charge on any atom is 0.326 e. The van der Waals surface area contributed by atoms with Crippen LogP contribution in [0.15, 0.2) is 97.1 Å². The molecule has 2 heterocycles. The van der Waals surface area contributed by atoms with Crippen molar-refractivity contribution in [1.82, 2.24) is 9.80 Å². The minimum Gasteiger partial charge on any atom is -0.480 e. The monoisotopic (exact) mass is 768 g/mol.